The Bertz CT molecular complexity index is 596. The van der Waals surface area contributed by atoms with Crippen LogP contribution >= 0.6 is 23.1 Å². The molecule has 0 unspecified atom stereocenters. The maximum Gasteiger partial charge on any atom is 0.134 e. The number of aryl methyl sites for hydroxylation is 1. The van der Waals surface area contributed by atoms with E-state index in [2.05, 4.69) is 19.2 Å². The van der Waals surface area contributed by atoms with E-state index in [0.29, 0.717) is 5.56 Å². The molecule has 2 nitrogen and oxygen atoms in total. The van der Waals surface area contributed by atoms with Crippen LogP contribution in [-0.4, -0.2) is 17.8 Å². The number of thioether (sulfide) groups is 1. The Kier molecular flexibility index (Phi) is 6.21. The van der Waals surface area contributed by atoms with E-state index in [9.17, 15) is 4.39 Å². The first-order chi connectivity index (χ1) is 10.2. The fourth-order valence-electron chi connectivity index (χ4n) is 2.18. The molecule has 0 aliphatic heterocycles. The molecule has 0 amide bonds. The van der Waals surface area contributed by atoms with E-state index in [1.54, 1.807) is 29.2 Å². The van der Waals surface area contributed by atoms with Crippen molar-refractivity contribution in [2.45, 2.75) is 38.1 Å². The molecule has 0 radical (unpaired) electrons. The lowest BCUT2D eigenvalue weighted by molar-refractivity contribution is 0.628. The Morgan fingerprint density at radius 1 is 1.33 bits per heavy atom. The van der Waals surface area contributed by atoms with Gasteiger partial charge in [-0.05, 0) is 31.4 Å². The van der Waals surface area contributed by atoms with Gasteiger partial charge in [0.25, 0.3) is 0 Å². The summed E-state index contributed by atoms with van der Waals surface area (Å²) in [6.07, 6.45) is 3.97. The van der Waals surface area contributed by atoms with Crippen molar-refractivity contribution in [3.05, 3.63) is 34.6 Å². The molecule has 2 rings (SSSR count). The zero-order valence-corrected chi connectivity index (χ0v) is 14.3. The van der Waals surface area contributed by atoms with Crippen LogP contribution in [0.5, 0.6) is 0 Å². The summed E-state index contributed by atoms with van der Waals surface area (Å²) in [4.78, 5) is 6.89. The van der Waals surface area contributed by atoms with Crippen LogP contribution in [0.15, 0.2) is 23.1 Å². The number of hydrogen-bond donors (Lipinski definition) is 1. The number of nitrogens with one attached hydrogen (secondary N) is 1. The lowest BCUT2D eigenvalue weighted by atomic mass is 10.2. The minimum atomic E-state index is -0.186. The minimum absolute atomic E-state index is 0.186. The van der Waals surface area contributed by atoms with Gasteiger partial charge in [0.1, 0.15) is 10.8 Å². The van der Waals surface area contributed by atoms with E-state index < -0.39 is 0 Å². The van der Waals surface area contributed by atoms with E-state index in [-0.39, 0.29) is 5.82 Å². The Morgan fingerprint density at radius 2 is 2.14 bits per heavy atom. The van der Waals surface area contributed by atoms with Gasteiger partial charge in [-0.25, -0.2) is 9.37 Å². The molecule has 0 aliphatic rings. The van der Waals surface area contributed by atoms with Gasteiger partial charge in [-0.1, -0.05) is 26.3 Å². The van der Waals surface area contributed by atoms with Crippen molar-refractivity contribution in [2.24, 2.45) is 0 Å². The molecule has 2 aromatic rings. The lowest BCUT2D eigenvalue weighted by Gasteiger charge is -2.05. The molecule has 114 valence electrons. The van der Waals surface area contributed by atoms with Gasteiger partial charge >= 0.3 is 0 Å². The highest BCUT2D eigenvalue weighted by molar-refractivity contribution is 7.98. The molecule has 1 N–H and O–H groups in total. The van der Waals surface area contributed by atoms with Crippen molar-refractivity contribution >= 4 is 23.1 Å². The molecule has 1 aromatic carbocycles. The second kappa shape index (κ2) is 7.92. The van der Waals surface area contributed by atoms with Crippen LogP contribution in [0.25, 0.3) is 10.6 Å². The summed E-state index contributed by atoms with van der Waals surface area (Å²) in [6.45, 7) is 5.97. The number of thiazole rings is 1. The summed E-state index contributed by atoms with van der Waals surface area (Å²) in [6, 6.07) is 5.22. The van der Waals surface area contributed by atoms with Crippen molar-refractivity contribution in [3.63, 3.8) is 0 Å². The Morgan fingerprint density at radius 3 is 2.81 bits per heavy atom. The summed E-state index contributed by atoms with van der Waals surface area (Å²) in [7, 11) is 0. The molecular weight excluding hydrogens is 303 g/mol. The second-order valence-corrected chi connectivity index (χ2v) is 6.67. The largest absolute Gasteiger partial charge is 0.312 e. The maximum absolute atomic E-state index is 14.2. The van der Waals surface area contributed by atoms with E-state index in [0.717, 1.165) is 41.5 Å². The molecule has 0 saturated heterocycles. The molecular formula is C16H21FN2S2. The minimum Gasteiger partial charge on any atom is -0.312 e. The van der Waals surface area contributed by atoms with Crippen molar-refractivity contribution in [3.8, 4) is 10.6 Å². The van der Waals surface area contributed by atoms with Crippen molar-refractivity contribution < 1.29 is 4.39 Å². The molecule has 0 fully saturated rings. The smallest absolute Gasteiger partial charge is 0.134 e. The monoisotopic (exact) mass is 324 g/mol. The fraction of sp³-hybridized carbons (Fsp3) is 0.438. The third-order valence-corrected chi connectivity index (χ3v) is 5.10. The van der Waals surface area contributed by atoms with Crippen LogP contribution in [0.4, 0.5) is 4.39 Å². The average Bonchev–Trinajstić information content (AvgIpc) is 2.87. The normalized spacial score (nSPS) is 11.0. The van der Waals surface area contributed by atoms with Crippen LogP contribution < -0.4 is 5.32 Å². The molecule has 21 heavy (non-hydrogen) atoms. The molecule has 1 aromatic heterocycles. The molecule has 5 heteroatoms. The molecule has 0 atom stereocenters. The Hall–Kier alpha value is -0.910. The summed E-state index contributed by atoms with van der Waals surface area (Å²) >= 11 is 3.17. The molecule has 0 spiro atoms. The number of aromatic nitrogens is 1. The van der Waals surface area contributed by atoms with Gasteiger partial charge in [-0.3, -0.25) is 0 Å². The Labute approximate surface area is 134 Å². The standard InChI is InChI=1S/C16H21FN2S2/c1-4-7-12-14(10-18-5-2)21-16(19-12)15-11(17)8-6-9-13(15)20-3/h6,8-9,18H,4-5,7,10H2,1-3H3. The predicted octanol–water partition coefficient (Wildman–Crippen LogP) is 4.73. The number of hydrogen-bond acceptors (Lipinski definition) is 4. The van der Waals surface area contributed by atoms with Crippen LogP contribution in [0.1, 0.15) is 30.8 Å². The highest BCUT2D eigenvalue weighted by Gasteiger charge is 2.17. The van der Waals surface area contributed by atoms with Gasteiger partial charge in [0.15, 0.2) is 0 Å². The third-order valence-electron chi connectivity index (χ3n) is 3.21. The van der Waals surface area contributed by atoms with Crippen molar-refractivity contribution in [1.29, 1.82) is 0 Å². The van der Waals surface area contributed by atoms with Gasteiger partial charge in [-0.2, -0.15) is 0 Å². The van der Waals surface area contributed by atoms with Gasteiger partial charge in [0.2, 0.25) is 0 Å². The molecule has 1 heterocycles. The summed E-state index contributed by atoms with van der Waals surface area (Å²) in [5.74, 6) is -0.186. The van der Waals surface area contributed by atoms with E-state index in [1.807, 2.05) is 12.3 Å². The van der Waals surface area contributed by atoms with Crippen LogP contribution in [0, 0.1) is 5.82 Å². The highest BCUT2D eigenvalue weighted by Crippen LogP contribution is 2.36. The van der Waals surface area contributed by atoms with Crippen molar-refractivity contribution in [2.75, 3.05) is 12.8 Å². The average molecular weight is 324 g/mol. The highest BCUT2D eigenvalue weighted by atomic mass is 32.2. The third kappa shape index (κ3) is 3.84. The Balaban J connectivity index is 2.44. The quantitative estimate of drug-likeness (QED) is 0.745. The second-order valence-electron chi connectivity index (χ2n) is 4.74. The molecule has 0 saturated carbocycles. The summed E-state index contributed by atoms with van der Waals surface area (Å²) in [5, 5.41) is 4.14. The van der Waals surface area contributed by atoms with E-state index in [1.165, 1.54) is 10.9 Å². The number of nitrogens with zero attached hydrogens (tertiary/aromatic N) is 1. The van der Waals surface area contributed by atoms with Gasteiger partial charge in [0, 0.05) is 16.3 Å². The summed E-state index contributed by atoms with van der Waals surface area (Å²) in [5.41, 5.74) is 1.75. The van der Waals surface area contributed by atoms with Crippen LogP contribution in [0.2, 0.25) is 0 Å². The van der Waals surface area contributed by atoms with Gasteiger partial charge < -0.3 is 5.32 Å². The van der Waals surface area contributed by atoms with Gasteiger partial charge in [0.05, 0.1) is 11.3 Å². The summed E-state index contributed by atoms with van der Waals surface area (Å²) < 4.78 is 14.2. The zero-order chi connectivity index (χ0) is 15.2. The first-order valence-corrected chi connectivity index (χ1v) is 9.27. The SMILES string of the molecule is CCCc1nc(-c2c(F)cccc2SC)sc1CNCC. The number of rotatable bonds is 7. The van der Waals surface area contributed by atoms with E-state index in [4.69, 9.17) is 4.98 Å². The van der Waals surface area contributed by atoms with Gasteiger partial charge in [-0.15, -0.1) is 23.1 Å². The van der Waals surface area contributed by atoms with Crippen LogP contribution in [0.3, 0.4) is 0 Å². The first kappa shape index (κ1) is 16.5. The maximum atomic E-state index is 14.2. The molecule has 0 aliphatic carbocycles. The lowest BCUT2D eigenvalue weighted by Crippen LogP contribution is -2.11. The molecule has 0 bridgehead atoms. The number of halogens is 1. The topological polar surface area (TPSA) is 24.9 Å². The fourth-order valence-corrected chi connectivity index (χ4v) is 4.00. The predicted molar refractivity (Wildman–Crippen MR) is 90.7 cm³/mol. The number of benzene rings is 1. The zero-order valence-electron chi connectivity index (χ0n) is 12.7. The first-order valence-electron chi connectivity index (χ1n) is 7.23. The van der Waals surface area contributed by atoms with Crippen molar-refractivity contribution in [1.82, 2.24) is 10.3 Å². The van der Waals surface area contributed by atoms with Crippen LogP contribution in [-0.2, 0) is 13.0 Å². The van der Waals surface area contributed by atoms with E-state index >= 15 is 0 Å².